The molecule has 2 heterocycles. The largest absolute Gasteiger partial charge is 0.465 e. The van der Waals surface area contributed by atoms with E-state index in [-0.39, 0.29) is 30.0 Å². The third-order valence-corrected chi connectivity index (χ3v) is 6.60. The van der Waals surface area contributed by atoms with Crippen molar-refractivity contribution in [1.29, 1.82) is 0 Å². The Morgan fingerprint density at radius 2 is 1.94 bits per heavy atom. The molecule has 1 aromatic heterocycles. The summed E-state index contributed by atoms with van der Waals surface area (Å²) in [5.41, 5.74) is 0.291. The van der Waals surface area contributed by atoms with E-state index in [9.17, 15) is 0 Å². The molecule has 7 nitrogen and oxygen atoms in total. The molecule has 2 fully saturated rings. The maximum atomic E-state index is 6.01. The minimum atomic E-state index is 0. The van der Waals surface area contributed by atoms with Crippen molar-refractivity contribution in [3.8, 4) is 0 Å². The van der Waals surface area contributed by atoms with Crippen molar-refractivity contribution in [2.24, 2.45) is 10.4 Å². The van der Waals surface area contributed by atoms with E-state index in [1.54, 1.807) is 0 Å². The molecule has 32 heavy (non-hydrogen) atoms. The Balaban J connectivity index is 0.00000363. The molecule has 1 atom stereocenters. The van der Waals surface area contributed by atoms with Crippen LogP contribution in [-0.4, -0.2) is 70.0 Å². The van der Waals surface area contributed by atoms with Crippen LogP contribution in [-0.2, 0) is 9.47 Å². The third kappa shape index (κ3) is 8.18. The van der Waals surface area contributed by atoms with Gasteiger partial charge in [-0.15, -0.1) is 24.0 Å². The number of halogens is 1. The smallest absolute Gasteiger partial charge is 0.191 e. The highest BCUT2D eigenvalue weighted by molar-refractivity contribution is 14.0. The first-order valence-corrected chi connectivity index (χ1v) is 12.1. The van der Waals surface area contributed by atoms with Crippen LogP contribution in [0.4, 0.5) is 0 Å². The number of hydrogen-bond acceptors (Lipinski definition) is 5. The Morgan fingerprint density at radius 1 is 1.19 bits per heavy atom. The Kier molecular flexibility index (Phi) is 12.4. The van der Waals surface area contributed by atoms with Crippen molar-refractivity contribution < 1.29 is 13.9 Å². The molecule has 1 aliphatic carbocycles. The number of guanidine groups is 1. The van der Waals surface area contributed by atoms with E-state index in [1.807, 2.05) is 13.0 Å². The molecule has 1 saturated heterocycles. The van der Waals surface area contributed by atoms with Gasteiger partial charge in [0.2, 0.25) is 0 Å². The van der Waals surface area contributed by atoms with Crippen LogP contribution in [0.1, 0.15) is 63.5 Å². The van der Waals surface area contributed by atoms with E-state index in [0.717, 1.165) is 83.1 Å². The first kappa shape index (κ1) is 27.4. The Hall–Kier alpha value is -0.840. The van der Waals surface area contributed by atoms with Crippen LogP contribution in [0, 0.1) is 12.3 Å². The van der Waals surface area contributed by atoms with E-state index in [2.05, 4.69) is 35.4 Å². The molecule has 184 valence electrons. The second-order valence-electron chi connectivity index (χ2n) is 8.84. The number of nitrogens with one attached hydrogen (secondary N) is 2. The summed E-state index contributed by atoms with van der Waals surface area (Å²) in [7, 11) is 0. The molecule has 2 aliphatic rings. The highest BCUT2D eigenvalue weighted by Gasteiger charge is 2.33. The number of aryl methyl sites for hydroxylation is 1. The molecule has 0 bridgehead atoms. The molecule has 8 heteroatoms. The van der Waals surface area contributed by atoms with Crippen LogP contribution < -0.4 is 10.6 Å². The van der Waals surface area contributed by atoms with Crippen molar-refractivity contribution in [2.45, 2.75) is 58.9 Å². The topological polar surface area (TPSA) is 71.3 Å². The number of morpholine rings is 1. The minimum absolute atomic E-state index is 0. The predicted octanol–water partition coefficient (Wildman–Crippen LogP) is 4.12. The molecule has 1 unspecified atom stereocenters. The van der Waals surface area contributed by atoms with E-state index in [4.69, 9.17) is 18.9 Å². The number of aliphatic imine (C=N–C) groups is 1. The summed E-state index contributed by atoms with van der Waals surface area (Å²) in [6.45, 7) is 13.7. The molecule has 0 spiro atoms. The summed E-state index contributed by atoms with van der Waals surface area (Å²) < 4.78 is 17.2. The highest BCUT2D eigenvalue weighted by atomic mass is 127. The fraction of sp³-hybridized carbons (Fsp3) is 0.792. The molecular weight excluding hydrogens is 519 g/mol. The fourth-order valence-electron chi connectivity index (χ4n) is 4.76. The van der Waals surface area contributed by atoms with Crippen LogP contribution in [0.3, 0.4) is 0 Å². The highest BCUT2D eigenvalue weighted by Crippen LogP contribution is 2.41. The summed E-state index contributed by atoms with van der Waals surface area (Å²) in [5, 5.41) is 7.04. The quantitative estimate of drug-likeness (QED) is 0.183. The standard InChI is InChI=1S/C24H42N4O3.HI/c1-4-25-23(27-19-24(10-6-7-11-24)12-15-29-5-2)26-18-21(22-9-8-20(3)31-22)28-13-16-30-17-14-28;/h8-9,21H,4-7,10-19H2,1-3H3,(H2,25,26,27);1H. The molecule has 0 radical (unpaired) electrons. The van der Waals surface area contributed by atoms with Gasteiger partial charge >= 0.3 is 0 Å². The van der Waals surface area contributed by atoms with Crippen LogP contribution >= 0.6 is 24.0 Å². The molecular formula is C24H43IN4O3. The summed E-state index contributed by atoms with van der Waals surface area (Å²) in [6, 6.07) is 4.31. The predicted molar refractivity (Wildman–Crippen MR) is 140 cm³/mol. The first-order chi connectivity index (χ1) is 15.2. The lowest BCUT2D eigenvalue weighted by molar-refractivity contribution is 0.0124. The lowest BCUT2D eigenvalue weighted by Crippen LogP contribution is -2.46. The molecule has 2 N–H and O–H groups in total. The molecule has 0 aromatic carbocycles. The second kappa shape index (κ2) is 14.4. The second-order valence-corrected chi connectivity index (χ2v) is 8.84. The van der Waals surface area contributed by atoms with Crippen molar-refractivity contribution in [3.05, 3.63) is 23.7 Å². The van der Waals surface area contributed by atoms with Crippen molar-refractivity contribution in [3.63, 3.8) is 0 Å². The average molecular weight is 563 g/mol. The number of rotatable bonds is 11. The van der Waals surface area contributed by atoms with Crippen LogP contribution in [0.15, 0.2) is 21.5 Å². The van der Waals surface area contributed by atoms with Gasteiger partial charge < -0.3 is 24.5 Å². The molecule has 1 aliphatic heterocycles. The van der Waals surface area contributed by atoms with Crippen molar-refractivity contribution in [2.75, 3.05) is 59.2 Å². The summed E-state index contributed by atoms with van der Waals surface area (Å²) in [5.74, 6) is 2.85. The monoisotopic (exact) mass is 562 g/mol. The average Bonchev–Trinajstić information content (AvgIpc) is 3.43. The van der Waals surface area contributed by atoms with Gasteiger partial charge in [0.1, 0.15) is 11.5 Å². The van der Waals surface area contributed by atoms with Crippen LogP contribution in [0.25, 0.3) is 0 Å². The normalized spacial score (nSPS) is 20.0. The third-order valence-electron chi connectivity index (χ3n) is 6.60. The van der Waals surface area contributed by atoms with Crippen LogP contribution in [0.5, 0.6) is 0 Å². The lowest BCUT2D eigenvalue weighted by atomic mass is 9.83. The zero-order valence-electron chi connectivity index (χ0n) is 20.2. The van der Waals surface area contributed by atoms with Crippen LogP contribution in [0.2, 0.25) is 0 Å². The SMILES string of the molecule is CCNC(=NCC1(CCOCC)CCCC1)NCC(c1ccc(C)o1)N1CCOCC1.I. The lowest BCUT2D eigenvalue weighted by Gasteiger charge is -2.34. The van der Waals surface area contributed by atoms with Gasteiger partial charge in [0.15, 0.2) is 5.96 Å². The Labute approximate surface area is 211 Å². The van der Waals surface area contributed by atoms with E-state index in [1.165, 1.54) is 25.7 Å². The summed E-state index contributed by atoms with van der Waals surface area (Å²) in [6.07, 6.45) is 6.23. The van der Waals surface area contributed by atoms with Gasteiger partial charge in [0.25, 0.3) is 0 Å². The number of ether oxygens (including phenoxy) is 2. The Morgan fingerprint density at radius 3 is 2.56 bits per heavy atom. The van der Waals surface area contributed by atoms with Gasteiger partial charge in [0.05, 0.1) is 19.3 Å². The Bertz CT molecular complexity index is 670. The number of furan rings is 1. The molecule has 0 amide bonds. The molecule has 1 aromatic rings. The van der Waals surface area contributed by atoms with E-state index >= 15 is 0 Å². The zero-order valence-corrected chi connectivity index (χ0v) is 22.5. The van der Waals surface area contributed by atoms with Gasteiger partial charge in [-0.25, -0.2) is 0 Å². The van der Waals surface area contributed by atoms with Gasteiger partial charge in [-0.05, 0) is 57.6 Å². The number of hydrogen-bond donors (Lipinski definition) is 2. The first-order valence-electron chi connectivity index (χ1n) is 12.1. The minimum Gasteiger partial charge on any atom is -0.465 e. The fourth-order valence-corrected chi connectivity index (χ4v) is 4.76. The van der Waals surface area contributed by atoms with Gasteiger partial charge in [-0.1, -0.05) is 12.8 Å². The zero-order chi connectivity index (χ0) is 21.9. The van der Waals surface area contributed by atoms with Gasteiger partial charge in [-0.3, -0.25) is 9.89 Å². The maximum absolute atomic E-state index is 6.01. The van der Waals surface area contributed by atoms with Crippen molar-refractivity contribution in [1.82, 2.24) is 15.5 Å². The van der Waals surface area contributed by atoms with E-state index in [0.29, 0.717) is 5.41 Å². The number of nitrogens with zero attached hydrogens (tertiary/aromatic N) is 2. The summed E-state index contributed by atoms with van der Waals surface area (Å²) in [4.78, 5) is 7.47. The maximum Gasteiger partial charge on any atom is 0.191 e. The summed E-state index contributed by atoms with van der Waals surface area (Å²) >= 11 is 0. The molecule has 1 saturated carbocycles. The molecule has 3 rings (SSSR count). The van der Waals surface area contributed by atoms with E-state index < -0.39 is 0 Å². The van der Waals surface area contributed by atoms with Gasteiger partial charge in [-0.2, -0.15) is 0 Å². The van der Waals surface area contributed by atoms with Gasteiger partial charge in [0, 0.05) is 45.9 Å². The van der Waals surface area contributed by atoms with Crippen molar-refractivity contribution >= 4 is 29.9 Å².